The van der Waals surface area contributed by atoms with E-state index in [0.29, 0.717) is 11.4 Å². The number of aromatic carboxylic acids is 1. The number of aromatic nitrogens is 2. The molecule has 2 rings (SSSR count). The number of benzene rings is 1. The Labute approximate surface area is 144 Å². The Kier molecular flexibility index (Phi) is 5.14. The van der Waals surface area contributed by atoms with Crippen molar-refractivity contribution in [1.29, 1.82) is 0 Å². The second-order valence-electron chi connectivity index (χ2n) is 5.33. The first-order valence-corrected chi connectivity index (χ1v) is 8.67. The number of rotatable bonds is 5. The summed E-state index contributed by atoms with van der Waals surface area (Å²) in [5.74, 6) is -2.51. The van der Waals surface area contributed by atoms with Crippen molar-refractivity contribution in [1.82, 2.24) is 9.97 Å². The Morgan fingerprint density at radius 2 is 1.72 bits per heavy atom. The predicted octanol–water partition coefficient (Wildman–Crippen LogP) is 0.760. The van der Waals surface area contributed by atoms with Gasteiger partial charge in [-0.05, 0) is 31.5 Å². The number of anilines is 1. The highest BCUT2D eigenvalue weighted by molar-refractivity contribution is 7.90. The average Bonchev–Trinajstić information content (AvgIpc) is 2.44. The minimum absolute atomic E-state index is 0.0936. The number of hydrogen-bond acceptors (Lipinski definition) is 6. The maximum Gasteiger partial charge on any atom is 0.336 e. The van der Waals surface area contributed by atoms with Gasteiger partial charge in [0.1, 0.15) is 0 Å². The van der Waals surface area contributed by atoms with Crippen LogP contribution < -0.4 is 10.5 Å². The van der Waals surface area contributed by atoms with Crippen LogP contribution in [0.4, 0.5) is 5.95 Å². The van der Waals surface area contributed by atoms with Crippen molar-refractivity contribution in [2.75, 3.05) is 5.32 Å². The number of carbonyl (C=O) groups excluding carboxylic acids is 1. The van der Waals surface area contributed by atoms with Gasteiger partial charge < -0.3 is 5.11 Å². The second kappa shape index (κ2) is 6.95. The van der Waals surface area contributed by atoms with Gasteiger partial charge in [-0.1, -0.05) is 18.2 Å². The van der Waals surface area contributed by atoms with Crippen LogP contribution in [0.2, 0.25) is 0 Å². The third-order valence-corrected chi connectivity index (χ3v) is 4.38. The van der Waals surface area contributed by atoms with Crippen molar-refractivity contribution in [2.45, 2.75) is 19.1 Å². The molecule has 10 heteroatoms. The molecule has 0 saturated carbocycles. The van der Waals surface area contributed by atoms with Gasteiger partial charge in [-0.2, -0.15) is 0 Å². The number of nitrogens with one attached hydrogen (secondary N) is 1. The molecule has 0 spiro atoms. The fourth-order valence-electron chi connectivity index (χ4n) is 2.35. The molecule has 0 aliphatic heterocycles. The molecular formula is C15H16N4O5S. The Hall–Kier alpha value is -2.85. The van der Waals surface area contributed by atoms with E-state index in [9.17, 15) is 23.1 Å². The van der Waals surface area contributed by atoms with Crippen LogP contribution in [0, 0.1) is 13.8 Å². The number of carboxylic acids is 1. The SMILES string of the molecule is Cc1cc(C)nc(NC(=O)C(c2ccccc2C(=O)O)S(N)(=O)=O)n1. The van der Waals surface area contributed by atoms with E-state index in [1.54, 1.807) is 19.9 Å². The van der Waals surface area contributed by atoms with Gasteiger partial charge in [0.2, 0.25) is 16.0 Å². The van der Waals surface area contributed by atoms with Crippen molar-refractivity contribution >= 4 is 27.8 Å². The minimum atomic E-state index is -4.44. The summed E-state index contributed by atoms with van der Waals surface area (Å²) in [4.78, 5) is 31.8. The van der Waals surface area contributed by atoms with E-state index in [1.807, 2.05) is 0 Å². The summed E-state index contributed by atoms with van der Waals surface area (Å²) in [6.45, 7) is 3.36. The van der Waals surface area contributed by atoms with Crippen LogP contribution in [0.3, 0.4) is 0 Å². The van der Waals surface area contributed by atoms with Crippen LogP contribution in [-0.4, -0.2) is 35.4 Å². The Bertz CT molecular complexity index is 922. The summed E-state index contributed by atoms with van der Waals surface area (Å²) < 4.78 is 23.9. The summed E-state index contributed by atoms with van der Waals surface area (Å²) in [5.41, 5.74) is 0.569. The normalized spacial score (nSPS) is 12.4. The predicted molar refractivity (Wildman–Crippen MR) is 89.4 cm³/mol. The van der Waals surface area contributed by atoms with Crippen molar-refractivity contribution in [3.8, 4) is 0 Å². The molecule has 1 amide bonds. The summed E-state index contributed by atoms with van der Waals surface area (Å²) in [5, 5.41) is 14.8. The number of nitrogens with two attached hydrogens (primary N) is 1. The highest BCUT2D eigenvalue weighted by Crippen LogP contribution is 2.25. The second-order valence-corrected chi connectivity index (χ2v) is 6.97. The Morgan fingerprint density at radius 1 is 1.16 bits per heavy atom. The number of aryl methyl sites for hydroxylation is 2. The van der Waals surface area contributed by atoms with Crippen molar-refractivity contribution in [3.63, 3.8) is 0 Å². The third kappa shape index (κ3) is 4.37. The number of nitrogens with zero attached hydrogens (tertiary/aromatic N) is 2. The maximum absolute atomic E-state index is 12.5. The van der Waals surface area contributed by atoms with Crippen LogP contribution >= 0.6 is 0 Å². The molecule has 0 aliphatic rings. The molecule has 0 saturated heterocycles. The molecule has 0 radical (unpaired) electrons. The van der Waals surface area contributed by atoms with Crippen LogP contribution in [-0.2, 0) is 14.8 Å². The standard InChI is InChI=1S/C15H16N4O5S/c1-8-7-9(2)18-15(17-8)19-13(20)12(25(16,23)24)10-5-3-4-6-11(10)14(21)22/h3-7,12H,1-2H3,(H,21,22)(H2,16,23,24)(H,17,18,19,20). The van der Waals surface area contributed by atoms with Crippen molar-refractivity contribution < 1.29 is 23.1 Å². The zero-order chi connectivity index (χ0) is 18.8. The van der Waals surface area contributed by atoms with E-state index in [4.69, 9.17) is 5.14 Å². The highest BCUT2D eigenvalue weighted by Gasteiger charge is 2.35. The molecule has 1 aromatic heterocycles. The van der Waals surface area contributed by atoms with Crippen LogP contribution in [0.1, 0.15) is 32.6 Å². The minimum Gasteiger partial charge on any atom is -0.478 e. The average molecular weight is 364 g/mol. The lowest BCUT2D eigenvalue weighted by Gasteiger charge is -2.16. The monoisotopic (exact) mass is 364 g/mol. The fraction of sp³-hybridized carbons (Fsp3) is 0.200. The molecule has 0 bridgehead atoms. The van der Waals surface area contributed by atoms with E-state index in [-0.39, 0.29) is 17.1 Å². The number of carboxylic acid groups (broad SMARTS) is 1. The Morgan fingerprint density at radius 3 is 2.24 bits per heavy atom. The maximum atomic E-state index is 12.5. The fourth-order valence-corrected chi connectivity index (χ4v) is 3.26. The molecule has 1 aromatic carbocycles. The summed E-state index contributed by atoms with van der Waals surface area (Å²) in [6, 6.07) is 6.92. The van der Waals surface area contributed by atoms with Crippen LogP contribution in [0.25, 0.3) is 0 Å². The lowest BCUT2D eigenvalue weighted by Crippen LogP contribution is -2.34. The molecule has 0 fully saturated rings. The van der Waals surface area contributed by atoms with E-state index in [0.717, 1.165) is 0 Å². The van der Waals surface area contributed by atoms with E-state index >= 15 is 0 Å². The molecule has 25 heavy (non-hydrogen) atoms. The largest absolute Gasteiger partial charge is 0.478 e. The van der Waals surface area contributed by atoms with E-state index in [2.05, 4.69) is 15.3 Å². The van der Waals surface area contributed by atoms with Crippen molar-refractivity contribution in [3.05, 3.63) is 52.8 Å². The number of primary sulfonamides is 1. The topological polar surface area (TPSA) is 152 Å². The Balaban J connectivity index is 2.49. The van der Waals surface area contributed by atoms with Gasteiger partial charge in [-0.3, -0.25) is 10.1 Å². The molecular weight excluding hydrogens is 348 g/mol. The number of sulfonamides is 1. The molecule has 1 atom stereocenters. The molecule has 1 unspecified atom stereocenters. The molecule has 4 N–H and O–H groups in total. The lowest BCUT2D eigenvalue weighted by molar-refractivity contribution is -0.116. The molecule has 0 aliphatic carbocycles. The van der Waals surface area contributed by atoms with E-state index < -0.39 is 27.1 Å². The van der Waals surface area contributed by atoms with Gasteiger partial charge in [0.15, 0.2) is 5.25 Å². The van der Waals surface area contributed by atoms with Gasteiger partial charge in [-0.15, -0.1) is 0 Å². The summed E-state index contributed by atoms with van der Waals surface area (Å²) in [6.07, 6.45) is 0. The number of carbonyl (C=O) groups is 2. The quantitative estimate of drug-likeness (QED) is 0.708. The first-order valence-electron chi connectivity index (χ1n) is 7.06. The molecule has 2 aromatic rings. The third-order valence-electron chi connectivity index (χ3n) is 3.26. The number of hydrogen-bond donors (Lipinski definition) is 3. The smallest absolute Gasteiger partial charge is 0.336 e. The van der Waals surface area contributed by atoms with Gasteiger partial charge in [0, 0.05) is 11.4 Å². The van der Waals surface area contributed by atoms with Crippen LogP contribution in [0.15, 0.2) is 30.3 Å². The molecule has 1 heterocycles. The molecule has 132 valence electrons. The highest BCUT2D eigenvalue weighted by atomic mass is 32.2. The summed E-state index contributed by atoms with van der Waals surface area (Å²) >= 11 is 0. The summed E-state index contributed by atoms with van der Waals surface area (Å²) in [7, 11) is -4.44. The lowest BCUT2D eigenvalue weighted by atomic mass is 10.0. The number of amides is 1. The first-order chi connectivity index (χ1) is 11.6. The zero-order valence-electron chi connectivity index (χ0n) is 13.4. The van der Waals surface area contributed by atoms with Gasteiger partial charge in [0.25, 0.3) is 5.91 Å². The van der Waals surface area contributed by atoms with E-state index in [1.165, 1.54) is 24.3 Å². The van der Waals surface area contributed by atoms with Gasteiger partial charge in [-0.25, -0.2) is 28.3 Å². The van der Waals surface area contributed by atoms with Crippen molar-refractivity contribution in [2.24, 2.45) is 5.14 Å². The van der Waals surface area contributed by atoms with Crippen LogP contribution in [0.5, 0.6) is 0 Å². The zero-order valence-corrected chi connectivity index (χ0v) is 14.2. The van der Waals surface area contributed by atoms with Gasteiger partial charge >= 0.3 is 5.97 Å². The molecule has 9 nitrogen and oxygen atoms in total. The first kappa shape index (κ1) is 18.5. The van der Waals surface area contributed by atoms with Gasteiger partial charge in [0.05, 0.1) is 5.56 Å².